The van der Waals surface area contributed by atoms with Crippen LogP contribution in [0.25, 0.3) is 22.0 Å². The second-order valence-corrected chi connectivity index (χ2v) is 8.26. The first kappa shape index (κ1) is 19.5. The average Bonchev–Trinajstić information content (AvgIpc) is 3.55. The molecule has 3 aromatic heterocycles. The molecule has 1 N–H and O–H groups in total. The molecule has 7 nitrogen and oxygen atoms in total. The molecule has 0 saturated heterocycles. The molecule has 7 heteroatoms. The Morgan fingerprint density at radius 3 is 2.77 bits per heavy atom. The number of pyridine rings is 1. The van der Waals surface area contributed by atoms with Gasteiger partial charge in [-0.3, -0.25) is 4.68 Å². The maximum absolute atomic E-state index is 5.68. The molecule has 3 heterocycles. The fourth-order valence-electron chi connectivity index (χ4n) is 3.92. The van der Waals surface area contributed by atoms with Crippen LogP contribution >= 0.6 is 0 Å². The number of methoxy groups -OCH3 is 1. The number of hydrogen-bond acceptors (Lipinski definition) is 6. The monoisotopic (exact) mass is 414 g/mol. The highest BCUT2D eigenvalue weighted by atomic mass is 16.5. The van der Waals surface area contributed by atoms with Gasteiger partial charge < -0.3 is 10.1 Å². The lowest BCUT2D eigenvalue weighted by Gasteiger charge is -2.15. The lowest BCUT2D eigenvalue weighted by molar-refractivity contribution is 0.410. The van der Waals surface area contributed by atoms with E-state index < -0.39 is 0 Å². The van der Waals surface area contributed by atoms with E-state index in [-0.39, 0.29) is 0 Å². The highest BCUT2D eigenvalue weighted by Gasteiger charge is 2.28. The normalized spacial score (nSPS) is 14.5. The van der Waals surface area contributed by atoms with Crippen molar-refractivity contribution in [1.82, 2.24) is 24.7 Å². The zero-order valence-corrected chi connectivity index (χ0v) is 18.0. The van der Waals surface area contributed by atoms with Crippen molar-refractivity contribution in [1.29, 1.82) is 0 Å². The Hall–Kier alpha value is -3.48. The third-order valence-electron chi connectivity index (χ3n) is 5.92. The van der Waals surface area contributed by atoms with E-state index in [4.69, 9.17) is 9.72 Å². The molecule has 5 rings (SSSR count). The SMILES string of the molecule is COc1cc(-c2cnn(C)c2)ccc1Cc1ncc2ccnc(NC(C)C3CC3)c2n1. The summed E-state index contributed by atoms with van der Waals surface area (Å²) in [6.07, 6.45) is 10.7. The Labute approximate surface area is 181 Å². The van der Waals surface area contributed by atoms with Crippen LogP contribution in [0.3, 0.4) is 0 Å². The summed E-state index contributed by atoms with van der Waals surface area (Å²) in [6, 6.07) is 8.56. The van der Waals surface area contributed by atoms with E-state index in [1.165, 1.54) is 12.8 Å². The Kier molecular flexibility index (Phi) is 5.02. The zero-order chi connectivity index (χ0) is 21.4. The Balaban J connectivity index is 1.44. The molecule has 158 valence electrons. The molecule has 4 aromatic rings. The second kappa shape index (κ2) is 7.98. The summed E-state index contributed by atoms with van der Waals surface area (Å²) >= 11 is 0. The quantitative estimate of drug-likeness (QED) is 0.487. The molecule has 0 amide bonds. The predicted octanol–water partition coefficient (Wildman–Crippen LogP) is 4.24. The van der Waals surface area contributed by atoms with Gasteiger partial charge in [0.2, 0.25) is 0 Å². The fourth-order valence-corrected chi connectivity index (χ4v) is 3.92. The number of nitrogens with zero attached hydrogens (tertiary/aromatic N) is 5. The van der Waals surface area contributed by atoms with Gasteiger partial charge >= 0.3 is 0 Å². The van der Waals surface area contributed by atoms with Crippen molar-refractivity contribution in [2.24, 2.45) is 13.0 Å². The lowest BCUT2D eigenvalue weighted by Crippen LogP contribution is -2.18. The molecule has 1 aliphatic carbocycles. The van der Waals surface area contributed by atoms with Gasteiger partial charge in [-0.2, -0.15) is 5.10 Å². The summed E-state index contributed by atoms with van der Waals surface area (Å²) in [5.74, 6) is 3.13. The van der Waals surface area contributed by atoms with Gasteiger partial charge in [-0.25, -0.2) is 15.0 Å². The van der Waals surface area contributed by atoms with Crippen LogP contribution in [0.4, 0.5) is 5.82 Å². The number of benzene rings is 1. The van der Waals surface area contributed by atoms with Crippen LogP contribution < -0.4 is 10.1 Å². The Morgan fingerprint density at radius 2 is 2.03 bits per heavy atom. The predicted molar refractivity (Wildman–Crippen MR) is 121 cm³/mol. The van der Waals surface area contributed by atoms with Gasteiger partial charge in [0.25, 0.3) is 0 Å². The summed E-state index contributed by atoms with van der Waals surface area (Å²) in [4.78, 5) is 14.0. The van der Waals surface area contributed by atoms with E-state index in [1.807, 2.05) is 44.0 Å². The maximum atomic E-state index is 5.68. The van der Waals surface area contributed by atoms with E-state index >= 15 is 0 Å². The third kappa shape index (κ3) is 4.08. The molecule has 1 aromatic carbocycles. The van der Waals surface area contributed by atoms with Crippen molar-refractivity contribution >= 4 is 16.7 Å². The maximum Gasteiger partial charge on any atom is 0.152 e. The standard InChI is InChI=1S/C24H26N6O/c1-15(16-4-5-16)28-24-23-19(8-9-25-24)12-26-22(29-23)11-18-7-6-17(10-21(18)31-3)20-13-27-30(2)14-20/h6-10,12-16H,4-5,11H2,1-3H3,(H,25,28). The van der Waals surface area contributed by atoms with Crippen LogP contribution in [-0.2, 0) is 13.5 Å². The second-order valence-electron chi connectivity index (χ2n) is 8.26. The van der Waals surface area contributed by atoms with Crippen molar-refractivity contribution in [3.63, 3.8) is 0 Å². The van der Waals surface area contributed by atoms with Crippen LogP contribution in [0.15, 0.2) is 49.1 Å². The first-order valence-corrected chi connectivity index (χ1v) is 10.6. The van der Waals surface area contributed by atoms with Crippen molar-refractivity contribution in [3.8, 4) is 16.9 Å². The highest BCUT2D eigenvalue weighted by molar-refractivity contribution is 5.87. The molecule has 0 radical (unpaired) electrons. The molecule has 0 aliphatic heterocycles. The molecule has 31 heavy (non-hydrogen) atoms. The number of ether oxygens (including phenoxy) is 1. The molecular weight excluding hydrogens is 388 g/mol. The molecule has 1 saturated carbocycles. The van der Waals surface area contributed by atoms with Gasteiger partial charge in [-0.1, -0.05) is 12.1 Å². The summed E-state index contributed by atoms with van der Waals surface area (Å²) in [5.41, 5.74) is 4.03. The number of nitrogens with one attached hydrogen (secondary N) is 1. The first-order chi connectivity index (χ1) is 15.1. The summed E-state index contributed by atoms with van der Waals surface area (Å²) < 4.78 is 7.47. The van der Waals surface area contributed by atoms with Crippen molar-refractivity contribution in [2.45, 2.75) is 32.2 Å². The van der Waals surface area contributed by atoms with Crippen molar-refractivity contribution < 1.29 is 4.74 Å². The number of aromatic nitrogens is 5. The smallest absolute Gasteiger partial charge is 0.152 e. The number of anilines is 1. The summed E-state index contributed by atoms with van der Waals surface area (Å²) in [6.45, 7) is 2.22. The highest BCUT2D eigenvalue weighted by Crippen LogP contribution is 2.34. The van der Waals surface area contributed by atoms with E-state index in [2.05, 4.69) is 39.4 Å². The lowest BCUT2D eigenvalue weighted by atomic mass is 10.0. The van der Waals surface area contributed by atoms with Gasteiger partial charge in [0.15, 0.2) is 5.82 Å². The number of aryl methyl sites for hydroxylation is 1. The topological polar surface area (TPSA) is 77.8 Å². The molecule has 1 unspecified atom stereocenters. The van der Waals surface area contributed by atoms with Crippen molar-refractivity contribution in [2.75, 3.05) is 12.4 Å². The van der Waals surface area contributed by atoms with Gasteiger partial charge in [0.1, 0.15) is 17.1 Å². The fraction of sp³-hybridized carbons (Fsp3) is 0.333. The molecule has 0 spiro atoms. The zero-order valence-electron chi connectivity index (χ0n) is 18.0. The molecule has 1 atom stereocenters. The largest absolute Gasteiger partial charge is 0.496 e. The van der Waals surface area contributed by atoms with Gasteiger partial charge in [0, 0.05) is 54.6 Å². The Bertz CT molecular complexity index is 1230. The van der Waals surface area contributed by atoms with Crippen LogP contribution in [-0.4, -0.2) is 37.9 Å². The van der Waals surface area contributed by atoms with Crippen LogP contribution in [0.5, 0.6) is 5.75 Å². The molecular formula is C24H26N6O. The molecule has 1 aliphatic rings. The van der Waals surface area contributed by atoms with Gasteiger partial charge in [-0.15, -0.1) is 0 Å². The van der Waals surface area contributed by atoms with E-state index in [0.29, 0.717) is 12.5 Å². The van der Waals surface area contributed by atoms with E-state index in [1.54, 1.807) is 11.8 Å². The number of rotatable bonds is 7. The van der Waals surface area contributed by atoms with E-state index in [0.717, 1.165) is 50.9 Å². The van der Waals surface area contributed by atoms with Gasteiger partial charge in [0.05, 0.1) is 13.3 Å². The summed E-state index contributed by atoms with van der Waals surface area (Å²) in [5, 5.41) is 8.80. The third-order valence-corrected chi connectivity index (χ3v) is 5.92. The van der Waals surface area contributed by atoms with Crippen LogP contribution in [0.2, 0.25) is 0 Å². The minimum Gasteiger partial charge on any atom is -0.496 e. The Morgan fingerprint density at radius 1 is 1.16 bits per heavy atom. The minimum absolute atomic E-state index is 0.400. The average molecular weight is 415 g/mol. The van der Waals surface area contributed by atoms with E-state index in [9.17, 15) is 0 Å². The minimum atomic E-state index is 0.400. The van der Waals surface area contributed by atoms with Crippen LogP contribution in [0, 0.1) is 5.92 Å². The molecule has 1 fully saturated rings. The van der Waals surface area contributed by atoms with Gasteiger partial charge in [-0.05, 0) is 43.4 Å². The number of fused-ring (bicyclic) bond motifs is 1. The summed E-state index contributed by atoms with van der Waals surface area (Å²) in [7, 11) is 3.61. The number of hydrogen-bond donors (Lipinski definition) is 1. The first-order valence-electron chi connectivity index (χ1n) is 10.6. The van der Waals surface area contributed by atoms with Crippen molar-refractivity contribution in [3.05, 3.63) is 60.4 Å². The van der Waals surface area contributed by atoms with Crippen LogP contribution in [0.1, 0.15) is 31.2 Å². The molecule has 0 bridgehead atoms.